The summed E-state index contributed by atoms with van der Waals surface area (Å²) in [5.74, 6) is -1.46. The summed E-state index contributed by atoms with van der Waals surface area (Å²) in [6.45, 7) is 2.72. The number of hydrogen-bond acceptors (Lipinski definition) is 3. The Morgan fingerprint density at radius 1 is 1.40 bits per heavy atom. The van der Waals surface area contributed by atoms with Gasteiger partial charge in [0.2, 0.25) is 5.91 Å². The Kier molecular flexibility index (Phi) is 6.93. The quantitative estimate of drug-likeness (QED) is 0.717. The van der Waals surface area contributed by atoms with Gasteiger partial charge in [0.15, 0.2) is 11.6 Å². The highest BCUT2D eigenvalue weighted by molar-refractivity contribution is 5.75. The van der Waals surface area contributed by atoms with Crippen LogP contribution >= 0.6 is 0 Å². The summed E-state index contributed by atoms with van der Waals surface area (Å²) in [6.07, 6.45) is 0.774. The Bertz CT molecular complexity index is 441. The zero-order chi connectivity index (χ0) is 15.0. The van der Waals surface area contributed by atoms with Crippen molar-refractivity contribution >= 4 is 5.91 Å². The minimum atomic E-state index is -0.739. The van der Waals surface area contributed by atoms with Gasteiger partial charge in [0, 0.05) is 25.1 Å². The monoisotopic (exact) mass is 286 g/mol. The molecule has 0 fully saturated rings. The van der Waals surface area contributed by atoms with Gasteiger partial charge >= 0.3 is 0 Å². The van der Waals surface area contributed by atoms with Gasteiger partial charge in [-0.25, -0.2) is 8.78 Å². The molecule has 1 atom stereocenters. The molecule has 1 aromatic rings. The lowest BCUT2D eigenvalue weighted by Crippen LogP contribution is -2.37. The molecule has 0 aliphatic carbocycles. The van der Waals surface area contributed by atoms with Crippen molar-refractivity contribution in [3.8, 4) is 5.75 Å². The maximum absolute atomic E-state index is 13.2. The SMILES string of the molecule is CNC(C)CNC(=O)CCCOc1ccc(F)cc1F. The molecule has 0 aliphatic heterocycles. The number of ether oxygens (including phenoxy) is 1. The molecule has 6 heteroatoms. The summed E-state index contributed by atoms with van der Waals surface area (Å²) < 4.78 is 31.1. The fourth-order valence-electron chi connectivity index (χ4n) is 1.46. The van der Waals surface area contributed by atoms with E-state index in [0.29, 0.717) is 19.4 Å². The second-order valence-corrected chi connectivity index (χ2v) is 4.52. The molecule has 2 N–H and O–H groups in total. The van der Waals surface area contributed by atoms with Gasteiger partial charge in [-0.1, -0.05) is 0 Å². The van der Waals surface area contributed by atoms with Crippen LogP contribution < -0.4 is 15.4 Å². The minimum Gasteiger partial charge on any atom is -0.491 e. The third kappa shape index (κ3) is 5.97. The Labute approximate surface area is 117 Å². The molecule has 0 aliphatic rings. The van der Waals surface area contributed by atoms with Crippen LogP contribution in [0.1, 0.15) is 19.8 Å². The van der Waals surface area contributed by atoms with E-state index in [-0.39, 0.29) is 24.3 Å². The van der Waals surface area contributed by atoms with Crippen LogP contribution in [0.5, 0.6) is 5.75 Å². The van der Waals surface area contributed by atoms with E-state index >= 15 is 0 Å². The Balaban J connectivity index is 2.19. The maximum atomic E-state index is 13.2. The van der Waals surface area contributed by atoms with Crippen LogP contribution in [0.4, 0.5) is 8.78 Å². The smallest absolute Gasteiger partial charge is 0.220 e. The van der Waals surface area contributed by atoms with E-state index in [2.05, 4.69) is 10.6 Å². The summed E-state index contributed by atoms with van der Waals surface area (Å²) in [6, 6.07) is 3.34. The molecule has 0 spiro atoms. The number of carbonyl (C=O) groups excluding carboxylic acids is 1. The Morgan fingerprint density at radius 2 is 2.15 bits per heavy atom. The normalized spacial score (nSPS) is 12.0. The first kappa shape index (κ1) is 16.4. The van der Waals surface area contributed by atoms with Crippen LogP contribution in [-0.4, -0.2) is 32.1 Å². The zero-order valence-electron chi connectivity index (χ0n) is 11.7. The van der Waals surface area contributed by atoms with Crippen molar-refractivity contribution in [2.24, 2.45) is 0 Å². The van der Waals surface area contributed by atoms with Crippen molar-refractivity contribution in [2.45, 2.75) is 25.8 Å². The van der Waals surface area contributed by atoms with E-state index in [0.717, 1.165) is 12.1 Å². The van der Waals surface area contributed by atoms with Crippen LogP contribution in [0.25, 0.3) is 0 Å². The van der Waals surface area contributed by atoms with E-state index in [1.54, 1.807) is 0 Å². The molecule has 112 valence electrons. The second-order valence-electron chi connectivity index (χ2n) is 4.52. The number of carbonyl (C=O) groups is 1. The minimum absolute atomic E-state index is 0.00406. The first-order valence-electron chi connectivity index (χ1n) is 6.54. The molecule has 0 heterocycles. The van der Waals surface area contributed by atoms with Crippen molar-refractivity contribution in [1.82, 2.24) is 10.6 Å². The van der Waals surface area contributed by atoms with Gasteiger partial charge in [-0.2, -0.15) is 0 Å². The summed E-state index contributed by atoms with van der Waals surface area (Å²) in [5, 5.41) is 5.78. The van der Waals surface area contributed by atoms with Crippen LogP contribution in [0, 0.1) is 11.6 Å². The van der Waals surface area contributed by atoms with E-state index in [9.17, 15) is 13.6 Å². The van der Waals surface area contributed by atoms with Crippen molar-refractivity contribution < 1.29 is 18.3 Å². The van der Waals surface area contributed by atoms with Gasteiger partial charge in [0.1, 0.15) is 5.82 Å². The number of amides is 1. The molecule has 0 saturated carbocycles. The molecule has 0 saturated heterocycles. The van der Waals surface area contributed by atoms with Crippen LogP contribution in [0.3, 0.4) is 0 Å². The molecule has 0 radical (unpaired) electrons. The van der Waals surface area contributed by atoms with E-state index in [1.165, 1.54) is 6.07 Å². The average molecular weight is 286 g/mol. The van der Waals surface area contributed by atoms with E-state index in [1.807, 2.05) is 14.0 Å². The Morgan fingerprint density at radius 3 is 2.80 bits per heavy atom. The summed E-state index contributed by atoms with van der Waals surface area (Å²) in [4.78, 5) is 11.5. The molecular formula is C14H20F2N2O2. The van der Waals surface area contributed by atoms with Gasteiger partial charge in [-0.05, 0) is 32.5 Å². The van der Waals surface area contributed by atoms with Gasteiger partial charge in [0.25, 0.3) is 0 Å². The maximum Gasteiger partial charge on any atom is 0.220 e. The van der Waals surface area contributed by atoms with Crippen molar-refractivity contribution in [3.05, 3.63) is 29.8 Å². The van der Waals surface area contributed by atoms with Gasteiger partial charge < -0.3 is 15.4 Å². The van der Waals surface area contributed by atoms with Gasteiger partial charge in [-0.3, -0.25) is 4.79 Å². The first-order valence-corrected chi connectivity index (χ1v) is 6.54. The molecule has 1 rings (SSSR count). The van der Waals surface area contributed by atoms with Crippen LogP contribution in [-0.2, 0) is 4.79 Å². The first-order chi connectivity index (χ1) is 9.52. The number of halogens is 2. The summed E-state index contributed by atoms with van der Waals surface area (Å²) >= 11 is 0. The highest BCUT2D eigenvalue weighted by Crippen LogP contribution is 2.17. The summed E-state index contributed by atoms with van der Waals surface area (Å²) in [5.41, 5.74) is 0. The lowest BCUT2D eigenvalue weighted by Gasteiger charge is -2.11. The number of hydrogen-bond donors (Lipinski definition) is 2. The van der Waals surface area contributed by atoms with E-state index in [4.69, 9.17) is 4.74 Å². The average Bonchev–Trinajstić information content (AvgIpc) is 2.42. The van der Waals surface area contributed by atoms with Gasteiger partial charge in [-0.15, -0.1) is 0 Å². The zero-order valence-corrected chi connectivity index (χ0v) is 11.7. The van der Waals surface area contributed by atoms with Crippen molar-refractivity contribution in [3.63, 3.8) is 0 Å². The van der Waals surface area contributed by atoms with E-state index < -0.39 is 11.6 Å². The number of rotatable bonds is 8. The topological polar surface area (TPSA) is 50.4 Å². The van der Waals surface area contributed by atoms with Crippen molar-refractivity contribution in [2.75, 3.05) is 20.2 Å². The van der Waals surface area contributed by atoms with Gasteiger partial charge in [0.05, 0.1) is 6.61 Å². The number of benzene rings is 1. The highest BCUT2D eigenvalue weighted by Gasteiger charge is 2.06. The number of nitrogens with one attached hydrogen (secondary N) is 2. The lowest BCUT2D eigenvalue weighted by atomic mass is 10.3. The predicted molar refractivity (Wildman–Crippen MR) is 72.6 cm³/mol. The third-order valence-electron chi connectivity index (χ3n) is 2.80. The molecule has 0 bridgehead atoms. The molecule has 20 heavy (non-hydrogen) atoms. The molecular weight excluding hydrogens is 266 g/mol. The largest absolute Gasteiger partial charge is 0.491 e. The van der Waals surface area contributed by atoms with Crippen LogP contribution in [0.15, 0.2) is 18.2 Å². The summed E-state index contributed by atoms with van der Waals surface area (Å²) in [7, 11) is 1.82. The molecule has 4 nitrogen and oxygen atoms in total. The molecule has 1 unspecified atom stereocenters. The fraction of sp³-hybridized carbons (Fsp3) is 0.500. The predicted octanol–water partition coefficient (Wildman–Crippen LogP) is 1.85. The molecule has 0 aromatic heterocycles. The Hall–Kier alpha value is -1.69. The second kappa shape index (κ2) is 8.47. The lowest BCUT2D eigenvalue weighted by molar-refractivity contribution is -0.121. The third-order valence-corrected chi connectivity index (χ3v) is 2.80. The fourth-order valence-corrected chi connectivity index (χ4v) is 1.46. The highest BCUT2D eigenvalue weighted by atomic mass is 19.1. The molecule has 1 aromatic carbocycles. The van der Waals surface area contributed by atoms with Crippen LogP contribution in [0.2, 0.25) is 0 Å². The number of likely N-dealkylation sites (N-methyl/N-ethyl adjacent to an activating group) is 1. The molecule has 1 amide bonds. The standard InChI is InChI=1S/C14H20F2N2O2/c1-10(17-2)9-18-14(19)4-3-7-20-13-6-5-11(15)8-12(13)16/h5-6,8,10,17H,3-4,7,9H2,1-2H3,(H,18,19). The van der Waals surface area contributed by atoms with Crippen molar-refractivity contribution in [1.29, 1.82) is 0 Å².